The summed E-state index contributed by atoms with van der Waals surface area (Å²) >= 11 is 6.00. The van der Waals surface area contributed by atoms with Crippen molar-refractivity contribution in [3.63, 3.8) is 0 Å². The Hall–Kier alpha value is -0.530. The Kier molecular flexibility index (Phi) is 3.76. The van der Waals surface area contributed by atoms with Gasteiger partial charge in [0.15, 0.2) is 0 Å². The Balaban J connectivity index is 2.71. The Morgan fingerprint density at radius 2 is 2.08 bits per heavy atom. The first-order valence-electron chi connectivity index (χ1n) is 4.58. The van der Waals surface area contributed by atoms with Gasteiger partial charge in [-0.15, -0.1) is 0 Å². The van der Waals surface area contributed by atoms with Gasteiger partial charge in [0, 0.05) is 17.6 Å². The van der Waals surface area contributed by atoms with Crippen molar-refractivity contribution < 1.29 is 0 Å². The SMILES string of the molecule is Cc1c(Cl)cccc1CNC(C)C. The van der Waals surface area contributed by atoms with Crippen LogP contribution in [-0.2, 0) is 6.54 Å². The molecule has 0 atom stereocenters. The first-order chi connectivity index (χ1) is 6.11. The molecule has 72 valence electrons. The third kappa shape index (κ3) is 3.02. The Bertz CT molecular complexity index is 281. The van der Waals surface area contributed by atoms with E-state index in [0.717, 1.165) is 11.6 Å². The molecule has 1 rings (SSSR count). The van der Waals surface area contributed by atoms with Crippen LogP contribution in [0.25, 0.3) is 0 Å². The highest BCUT2D eigenvalue weighted by atomic mass is 35.5. The normalized spacial score (nSPS) is 10.8. The molecule has 1 aromatic carbocycles. The van der Waals surface area contributed by atoms with Crippen molar-refractivity contribution in [1.29, 1.82) is 0 Å². The lowest BCUT2D eigenvalue weighted by Gasteiger charge is -2.10. The predicted molar refractivity (Wildman–Crippen MR) is 58.2 cm³/mol. The summed E-state index contributed by atoms with van der Waals surface area (Å²) < 4.78 is 0. The third-order valence-electron chi connectivity index (χ3n) is 2.08. The molecule has 0 unspecified atom stereocenters. The van der Waals surface area contributed by atoms with Gasteiger partial charge in [0.05, 0.1) is 0 Å². The molecular weight excluding hydrogens is 182 g/mol. The molecule has 0 fully saturated rings. The van der Waals surface area contributed by atoms with Gasteiger partial charge in [-0.2, -0.15) is 0 Å². The van der Waals surface area contributed by atoms with Gasteiger partial charge in [-0.3, -0.25) is 0 Å². The zero-order valence-corrected chi connectivity index (χ0v) is 9.15. The van der Waals surface area contributed by atoms with Gasteiger partial charge >= 0.3 is 0 Å². The third-order valence-corrected chi connectivity index (χ3v) is 2.49. The van der Waals surface area contributed by atoms with E-state index in [-0.39, 0.29) is 0 Å². The summed E-state index contributed by atoms with van der Waals surface area (Å²) in [5.41, 5.74) is 2.46. The van der Waals surface area contributed by atoms with Crippen molar-refractivity contribution in [3.8, 4) is 0 Å². The molecule has 1 aromatic rings. The largest absolute Gasteiger partial charge is 0.310 e. The molecular formula is C11H16ClN. The fraction of sp³-hybridized carbons (Fsp3) is 0.455. The smallest absolute Gasteiger partial charge is 0.0438 e. The maximum absolute atomic E-state index is 6.00. The maximum Gasteiger partial charge on any atom is 0.0438 e. The maximum atomic E-state index is 6.00. The van der Waals surface area contributed by atoms with Crippen molar-refractivity contribution in [2.45, 2.75) is 33.4 Å². The Morgan fingerprint density at radius 3 is 2.69 bits per heavy atom. The van der Waals surface area contributed by atoms with E-state index in [4.69, 9.17) is 11.6 Å². The highest BCUT2D eigenvalue weighted by Gasteiger charge is 2.01. The first-order valence-corrected chi connectivity index (χ1v) is 4.96. The minimum absolute atomic E-state index is 0.512. The molecule has 0 amide bonds. The average molecular weight is 198 g/mol. The van der Waals surface area contributed by atoms with Crippen molar-refractivity contribution in [2.24, 2.45) is 0 Å². The van der Waals surface area contributed by atoms with Gasteiger partial charge in [-0.05, 0) is 24.1 Å². The lowest BCUT2D eigenvalue weighted by atomic mass is 10.1. The lowest BCUT2D eigenvalue weighted by Crippen LogP contribution is -2.22. The molecule has 0 saturated carbocycles. The molecule has 0 saturated heterocycles. The molecule has 1 nitrogen and oxygen atoms in total. The van der Waals surface area contributed by atoms with Crippen LogP contribution in [0.3, 0.4) is 0 Å². The fourth-order valence-electron chi connectivity index (χ4n) is 1.16. The van der Waals surface area contributed by atoms with Gasteiger partial charge in [0.2, 0.25) is 0 Å². The molecule has 0 radical (unpaired) electrons. The molecule has 0 aromatic heterocycles. The van der Waals surface area contributed by atoms with Gasteiger partial charge < -0.3 is 5.32 Å². The van der Waals surface area contributed by atoms with Crippen molar-refractivity contribution in [3.05, 3.63) is 34.3 Å². The van der Waals surface area contributed by atoms with Crippen LogP contribution in [0, 0.1) is 6.92 Å². The van der Waals surface area contributed by atoms with Gasteiger partial charge in [0.1, 0.15) is 0 Å². The average Bonchev–Trinajstić information content (AvgIpc) is 2.07. The molecule has 2 heteroatoms. The van der Waals surface area contributed by atoms with Crippen LogP contribution in [0.4, 0.5) is 0 Å². The summed E-state index contributed by atoms with van der Waals surface area (Å²) in [7, 11) is 0. The topological polar surface area (TPSA) is 12.0 Å². The van der Waals surface area contributed by atoms with Gasteiger partial charge in [0.25, 0.3) is 0 Å². The summed E-state index contributed by atoms with van der Waals surface area (Å²) in [5, 5.41) is 4.22. The van der Waals surface area contributed by atoms with E-state index >= 15 is 0 Å². The lowest BCUT2D eigenvalue weighted by molar-refractivity contribution is 0.587. The number of hydrogen-bond acceptors (Lipinski definition) is 1. The van der Waals surface area contributed by atoms with E-state index < -0.39 is 0 Å². The molecule has 0 aliphatic heterocycles. The number of rotatable bonds is 3. The fourth-order valence-corrected chi connectivity index (χ4v) is 1.35. The van der Waals surface area contributed by atoms with Gasteiger partial charge in [-0.1, -0.05) is 37.6 Å². The van der Waals surface area contributed by atoms with E-state index in [9.17, 15) is 0 Å². The summed E-state index contributed by atoms with van der Waals surface area (Å²) in [5.74, 6) is 0. The zero-order valence-electron chi connectivity index (χ0n) is 8.39. The van der Waals surface area contributed by atoms with Crippen LogP contribution in [0.2, 0.25) is 5.02 Å². The number of halogens is 1. The van der Waals surface area contributed by atoms with E-state index in [0.29, 0.717) is 6.04 Å². The van der Waals surface area contributed by atoms with Crippen LogP contribution in [-0.4, -0.2) is 6.04 Å². The van der Waals surface area contributed by atoms with Crippen LogP contribution in [0.1, 0.15) is 25.0 Å². The quantitative estimate of drug-likeness (QED) is 0.785. The summed E-state index contributed by atoms with van der Waals surface area (Å²) in [6, 6.07) is 6.54. The van der Waals surface area contributed by atoms with E-state index in [2.05, 4.69) is 32.2 Å². The molecule has 0 bridgehead atoms. The monoisotopic (exact) mass is 197 g/mol. The molecule has 1 N–H and O–H groups in total. The van der Waals surface area contributed by atoms with Crippen LogP contribution < -0.4 is 5.32 Å². The minimum Gasteiger partial charge on any atom is -0.310 e. The van der Waals surface area contributed by atoms with Crippen LogP contribution >= 0.6 is 11.6 Å². The van der Waals surface area contributed by atoms with Crippen LogP contribution in [0.5, 0.6) is 0 Å². The Morgan fingerprint density at radius 1 is 1.38 bits per heavy atom. The van der Waals surface area contributed by atoms with Crippen molar-refractivity contribution in [1.82, 2.24) is 5.32 Å². The number of hydrogen-bond donors (Lipinski definition) is 1. The van der Waals surface area contributed by atoms with Crippen LogP contribution in [0.15, 0.2) is 18.2 Å². The zero-order chi connectivity index (χ0) is 9.84. The van der Waals surface area contributed by atoms with E-state index in [1.807, 2.05) is 12.1 Å². The second-order valence-corrected chi connectivity index (χ2v) is 3.97. The molecule has 0 aliphatic rings. The minimum atomic E-state index is 0.512. The molecule has 0 aliphatic carbocycles. The molecule has 13 heavy (non-hydrogen) atoms. The summed E-state index contributed by atoms with van der Waals surface area (Å²) in [4.78, 5) is 0. The molecule has 0 spiro atoms. The summed E-state index contributed by atoms with van der Waals surface area (Å²) in [6.07, 6.45) is 0. The van der Waals surface area contributed by atoms with Crippen molar-refractivity contribution >= 4 is 11.6 Å². The van der Waals surface area contributed by atoms with E-state index in [1.54, 1.807) is 0 Å². The molecule has 0 heterocycles. The first kappa shape index (κ1) is 10.6. The number of benzene rings is 1. The van der Waals surface area contributed by atoms with E-state index in [1.165, 1.54) is 11.1 Å². The standard InChI is InChI=1S/C11H16ClN/c1-8(2)13-7-10-5-4-6-11(12)9(10)3/h4-6,8,13H,7H2,1-3H3. The predicted octanol–water partition coefficient (Wildman–Crippen LogP) is 3.15. The second kappa shape index (κ2) is 4.64. The van der Waals surface area contributed by atoms with Gasteiger partial charge in [-0.25, -0.2) is 0 Å². The summed E-state index contributed by atoms with van der Waals surface area (Å²) in [6.45, 7) is 7.23. The highest BCUT2D eigenvalue weighted by Crippen LogP contribution is 2.18. The van der Waals surface area contributed by atoms with Crippen molar-refractivity contribution in [2.75, 3.05) is 0 Å². The second-order valence-electron chi connectivity index (χ2n) is 3.56. The number of nitrogens with one attached hydrogen (secondary N) is 1. The highest BCUT2D eigenvalue weighted by molar-refractivity contribution is 6.31. The Labute approximate surface area is 85.1 Å².